The molecule has 0 unspecified atom stereocenters. The van der Waals surface area contributed by atoms with E-state index in [1.165, 1.54) is 55.2 Å². The molecule has 2 aliphatic carbocycles. The first-order valence-corrected chi connectivity index (χ1v) is 13.4. The number of aliphatic carboxylic acids is 1. The second kappa shape index (κ2) is 11.0. The number of thiazole rings is 1. The van der Waals surface area contributed by atoms with Crippen molar-refractivity contribution in [1.82, 2.24) is 9.88 Å². The number of thioether (sulfide) groups is 1. The SMILES string of the molecule is CC(C)(C)[C@H]1CC[C@H](N(C(=O)Nc2ncc(SCCC(=O)O)s2)C2CCCCC2)CC1. The van der Waals surface area contributed by atoms with Crippen LogP contribution in [0.2, 0.25) is 0 Å². The number of hydrogen-bond donors (Lipinski definition) is 2. The van der Waals surface area contributed by atoms with E-state index in [-0.39, 0.29) is 12.5 Å². The molecule has 1 heterocycles. The van der Waals surface area contributed by atoms with Crippen molar-refractivity contribution in [2.24, 2.45) is 11.3 Å². The molecule has 6 nitrogen and oxygen atoms in total. The van der Waals surface area contributed by atoms with E-state index in [0.717, 1.165) is 35.8 Å². The van der Waals surface area contributed by atoms with Gasteiger partial charge in [-0.1, -0.05) is 51.4 Å². The fraction of sp³-hybridized carbons (Fsp3) is 0.783. The number of carbonyl (C=O) groups is 2. The zero-order chi connectivity index (χ0) is 22.4. The van der Waals surface area contributed by atoms with Crippen LogP contribution in [-0.4, -0.2) is 44.8 Å². The van der Waals surface area contributed by atoms with E-state index in [1.54, 1.807) is 6.20 Å². The summed E-state index contributed by atoms with van der Waals surface area (Å²) in [5, 5.41) is 12.5. The molecular formula is C23H37N3O3S2. The van der Waals surface area contributed by atoms with Crippen LogP contribution < -0.4 is 5.32 Å². The van der Waals surface area contributed by atoms with Crippen LogP contribution in [0.15, 0.2) is 10.4 Å². The lowest BCUT2D eigenvalue weighted by atomic mass is 9.71. The summed E-state index contributed by atoms with van der Waals surface area (Å²) in [6.07, 6.45) is 12.3. The minimum Gasteiger partial charge on any atom is -0.481 e. The highest BCUT2D eigenvalue weighted by molar-refractivity contribution is 8.01. The van der Waals surface area contributed by atoms with Crippen molar-refractivity contribution in [2.75, 3.05) is 11.1 Å². The highest BCUT2D eigenvalue weighted by Crippen LogP contribution is 2.40. The summed E-state index contributed by atoms with van der Waals surface area (Å²) in [5.74, 6) is 0.440. The van der Waals surface area contributed by atoms with E-state index in [2.05, 4.69) is 36.0 Å². The fourth-order valence-corrected chi connectivity index (χ4v) is 6.86. The average molecular weight is 468 g/mol. The van der Waals surface area contributed by atoms with Gasteiger partial charge in [0.05, 0.1) is 16.8 Å². The number of hydrogen-bond acceptors (Lipinski definition) is 5. The lowest BCUT2D eigenvalue weighted by Crippen LogP contribution is -2.51. The van der Waals surface area contributed by atoms with E-state index in [4.69, 9.17) is 5.11 Å². The molecule has 3 rings (SSSR count). The average Bonchev–Trinajstić information content (AvgIpc) is 3.15. The number of carboxylic acid groups (broad SMARTS) is 1. The zero-order valence-electron chi connectivity index (χ0n) is 19.1. The molecule has 0 spiro atoms. The van der Waals surface area contributed by atoms with Gasteiger partial charge in [-0.25, -0.2) is 9.78 Å². The van der Waals surface area contributed by atoms with Gasteiger partial charge in [-0.3, -0.25) is 10.1 Å². The third-order valence-electron chi connectivity index (χ3n) is 6.78. The predicted octanol–water partition coefficient (Wildman–Crippen LogP) is 6.48. The largest absolute Gasteiger partial charge is 0.481 e. The number of urea groups is 1. The standard InChI is InChI=1S/C23H37N3O3S2/c1-23(2,3)16-9-11-18(12-10-16)26(17-7-5-4-6-8-17)22(29)25-21-24-15-20(31-21)30-14-13-19(27)28/h15-18H,4-14H2,1-3H3,(H,27,28)(H,24,25,29)/t16-,18-. The monoisotopic (exact) mass is 467 g/mol. The van der Waals surface area contributed by atoms with Gasteiger partial charge in [0.1, 0.15) is 0 Å². The van der Waals surface area contributed by atoms with Gasteiger partial charge in [-0.15, -0.1) is 11.8 Å². The molecule has 8 heteroatoms. The molecule has 2 amide bonds. The number of aromatic nitrogens is 1. The number of nitrogens with one attached hydrogen (secondary N) is 1. The molecule has 2 fully saturated rings. The number of carboxylic acids is 1. The van der Waals surface area contributed by atoms with Gasteiger partial charge < -0.3 is 10.0 Å². The molecule has 1 aromatic rings. The molecule has 0 atom stereocenters. The Balaban J connectivity index is 1.63. The molecule has 0 saturated heterocycles. The summed E-state index contributed by atoms with van der Waals surface area (Å²) in [7, 11) is 0. The quantitative estimate of drug-likeness (QED) is 0.448. The van der Waals surface area contributed by atoms with E-state index in [1.807, 2.05) is 0 Å². The summed E-state index contributed by atoms with van der Waals surface area (Å²) in [6.45, 7) is 6.99. The smallest absolute Gasteiger partial charge is 0.324 e. The second-order valence-corrected chi connectivity index (χ2v) is 12.4. The Bertz CT molecular complexity index is 733. The fourth-order valence-electron chi connectivity index (χ4n) is 4.99. The van der Waals surface area contributed by atoms with E-state index in [9.17, 15) is 9.59 Å². The molecule has 0 bridgehead atoms. The number of anilines is 1. The van der Waals surface area contributed by atoms with E-state index >= 15 is 0 Å². The van der Waals surface area contributed by atoms with Crippen LogP contribution in [0.4, 0.5) is 9.93 Å². The molecule has 2 aliphatic rings. The normalized spacial score (nSPS) is 22.8. The molecule has 31 heavy (non-hydrogen) atoms. The van der Waals surface area contributed by atoms with Crippen molar-refractivity contribution < 1.29 is 14.7 Å². The molecular weight excluding hydrogens is 430 g/mol. The number of rotatable bonds is 7. The summed E-state index contributed by atoms with van der Waals surface area (Å²) in [5.41, 5.74) is 0.332. The van der Waals surface area contributed by atoms with Gasteiger partial charge in [0.2, 0.25) is 0 Å². The summed E-state index contributed by atoms with van der Waals surface area (Å²) in [4.78, 5) is 30.6. The Kier molecular flexibility index (Phi) is 8.67. The van der Waals surface area contributed by atoms with Gasteiger partial charge in [0.25, 0.3) is 0 Å². The van der Waals surface area contributed by atoms with Gasteiger partial charge in [-0.05, 0) is 49.9 Å². The van der Waals surface area contributed by atoms with Crippen molar-refractivity contribution in [3.8, 4) is 0 Å². The molecule has 1 aromatic heterocycles. The van der Waals surface area contributed by atoms with Gasteiger partial charge >= 0.3 is 12.0 Å². The van der Waals surface area contributed by atoms with Crippen LogP contribution in [0.5, 0.6) is 0 Å². The van der Waals surface area contributed by atoms with Crippen molar-refractivity contribution in [3.05, 3.63) is 6.20 Å². The minimum atomic E-state index is -0.796. The number of carbonyl (C=O) groups excluding carboxylic acids is 1. The Morgan fingerprint density at radius 3 is 2.39 bits per heavy atom. The number of amides is 2. The van der Waals surface area contributed by atoms with Crippen LogP contribution in [0.25, 0.3) is 0 Å². The maximum Gasteiger partial charge on any atom is 0.324 e. The predicted molar refractivity (Wildman–Crippen MR) is 128 cm³/mol. The maximum absolute atomic E-state index is 13.4. The first-order valence-electron chi connectivity index (χ1n) is 11.6. The van der Waals surface area contributed by atoms with E-state index < -0.39 is 5.97 Å². The molecule has 2 N–H and O–H groups in total. The Labute approximate surface area is 194 Å². The topological polar surface area (TPSA) is 82.5 Å². The minimum absolute atomic E-state index is 0.0115. The van der Waals surface area contributed by atoms with Crippen LogP contribution in [-0.2, 0) is 4.79 Å². The number of nitrogens with zero attached hydrogens (tertiary/aromatic N) is 2. The zero-order valence-corrected chi connectivity index (χ0v) is 20.7. The highest BCUT2D eigenvalue weighted by Gasteiger charge is 2.37. The molecule has 2 saturated carbocycles. The van der Waals surface area contributed by atoms with Gasteiger partial charge in [0.15, 0.2) is 5.13 Å². The lowest BCUT2D eigenvalue weighted by Gasteiger charge is -2.44. The van der Waals surface area contributed by atoms with E-state index in [0.29, 0.717) is 28.4 Å². The van der Waals surface area contributed by atoms with Crippen LogP contribution in [0, 0.1) is 11.3 Å². The van der Waals surface area contributed by atoms with Gasteiger partial charge in [0, 0.05) is 17.8 Å². The first-order chi connectivity index (χ1) is 14.7. The molecule has 0 aromatic carbocycles. The molecule has 0 radical (unpaired) electrons. The van der Waals surface area contributed by atoms with Gasteiger partial charge in [-0.2, -0.15) is 0 Å². The second-order valence-electron chi connectivity index (χ2n) is 9.98. The Morgan fingerprint density at radius 1 is 1.13 bits per heavy atom. The first kappa shape index (κ1) is 24.4. The summed E-state index contributed by atoms with van der Waals surface area (Å²) >= 11 is 2.90. The Hall–Kier alpha value is -1.28. The van der Waals surface area contributed by atoms with Crippen molar-refractivity contribution in [2.45, 2.75) is 101 Å². The molecule has 174 valence electrons. The van der Waals surface area contributed by atoms with Crippen LogP contribution >= 0.6 is 23.1 Å². The maximum atomic E-state index is 13.4. The third-order valence-corrected chi connectivity index (χ3v) is 8.89. The van der Waals surface area contributed by atoms with Crippen molar-refractivity contribution >= 4 is 40.2 Å². The third kappa shape index (κ3) is 7.11. The lowest BCUT2D eigenvalue weighted by molar-refractivity contribution is -0.136. The van der Waals surface area contributed by atoms with Crippen LogP contribution in [0.1, 0.15) is 85.0 Å². The molecule has 0 aliphatic heterocycles. The highest BCUT2D eigenvalue weighted by atomic mass is 32.2. The van der Waals surface area contributed by atoms with Crippen molar-refractivity contribution in [1.29, 1.82) is 0 Å². The summed E-state index contributed by atoms with van der Waals surface area (Å²) in [6, 6.07) is 0.628. The Morgan fingerprint density at radius 2 is 1.77 bits per heavy atom. The van der Waals surface area contributed by atoms with Crippen LogP contribution in [0.3, 0.4) is 0 Å². The summed E-state index contributed by atoms with van der Waals surface area (Å²) < 4.78 is 0.937. The van der Waals surface area contributed by atoms with Crippen molar-refractivity contribution in [3.63, 3.8) is 0 Å².